The molecule has 0 heterocycles. The molecule has 0 aliphatic rings. The summed E-state index contributed by atoms with van der Waals surface area (Å²) in [6, 6.07) is -0.285. The Bertz CT molecular complexity index is 127. The van der Waals surface area contributed by atoms with Crippen LogP contribution in [0.4, 0.5) is 0 Å². The maximum atomic E-state index is 10.9. The predicted molar refractivity (Wildman–Crippen MR) is 41.2 cm³/mol. The Morgan fingerprint density at radius 1 is 1.73 bits per heavy atom. The molecule has 0 aromatic heterocycles. The Kier molecular flexibility index (Phi) is 4.81. The summed E-state index contributed by atoms with van der Waals surface area (Å²) in [5, 5.41) is 8.55. The van der Waals surface area contributed by atoms with Gasteiger partial charge >= 0.3 is 5.97 Å². The molecule has 0 aromatic carbocycles. The average molecular weight is 161 g/mol. The number of ether oxygens (including phenoxy) is 1. The summed E-state index contributed by atoms with van der Waals surface area (Å²) in [5.41, 5.74) is 0. The molecular weight excluding hydrogens is 146 g/mol. The van der Waals surface area contributed by atoms with Gasteiger partial charge in [0.25, 0.3) is 0 Å². The van der Waals surface area contributed by atoms with E-state index in [2.05, 4.69) is 4.74 Å². The van der Waals surface area contributed by atoms with Crippen molar-refractivity contribution in [1.82, 2.24) is 4.90 Å². The van der Waals surface area contributed by atoms with Crippen LogP contribution >= 0.6 is 0 Å². The molecule has 0 radical (unpaired) electrons. The number of nitrogens with zero attached hydrogens (tertiary/aromatic N) is 1. The molecule has 0 rings (SSSR count). The number of carbonyl (C=O) groups excluding carboxylic acids is 1. The maximum absolute atomic E-state index is 10.9. The van der Waals surface area contributed by atoms with Crippen molar-refractivity contribution >= 4 is 5.97 Å². The number of aliphatic hydroxyl groups is 1. The molecule has 1 unspecified atom stereocenters. The van der Waals surface area contributed by atoms with Crippen molar-refractivity contribution in [1.29, 1.82) is 0 Å². The molecule has 0 amide bonds. The van der Waals surface area contributed by atoms with Gasteiger partial charge in [-0.05, 0) is 14.0 Å². The summed E-state index contributed by atoms with van der Waals surface area (Å²) in [7, 11) is 3.11. The molecule has 4 heteroatoms. The van der Waals surface area contributed by atoms with Gasteiger partial charge in [-0.2, -0.15) is 0 Å². The molecule has 4 nitrogen and oxygen atoms in total. The van der Waals surface area contributed by atoms with Gasteiger partial charge in [0.2, 0.25) is 0 Å². The number of hydrogen-bond donors (Lipinski definition) is 1. The molecule has 66 valence electrons. The number of carbonyl (C=O) groups is 1. The summed E-state index contributed by atoms with van der Waals surface area (Å²) < 4.78 is 4.52. The standard InChI is InChI=1S/C7H15NO3/c1-6(7(10)11-3)8(2)4-5-9/h6,9H,4-5H2,1-3H3. The van der Waals surface area contributed by atoms with E-state index in [9.17, 15) is 4.79 Å². The van der Waals surface area contributed by atoms with E-state index in [1.807, 2.05) is 0 Å². The number of hydrogen-bond acceptors (Lipinski definition) is 4. The highest BCUT2D eigenvalue weighted by atomic mass is 16.5. The second kappa shape index (κ2) is 5.09. The lowest BCUT2D eigenvalue weighted by molar-refractivity contribution is -0.145. The minimum Gasteiger partial charge on any atom is -0.468 e. The van der Waals surface area contributed by atoms with Crippen LogP contribution in [-0.4, -0.2) is 49.3 Å². The number of aliphatic hydroxyl groups excluding tert-OH is 1. The largest absolute Gasteiger partial charge is 0.468 e. The zero-order valence-corrected chi connectivity index (χ0v) is 7.20. The smallest absolute Gasteiger partial charge is 0.322 e. The molecule has 1 atom stereocenters. The fourth-order valence-corrected chi connectivity index (χ4v) is 0.702. The highest BCUT2D eigenvalue weighted by Crippen LogP contribution is 1.96. The monoisotopic (exact) mass is 161 g/mol. The van der Waals surface area contributed by atoms with E-state index in [1.54, 1.807) is 18.9 Å². The van der Waals surface area contributed by atoms with Gasteiger partial charge < -0.3 is 9.84 Å². The molecule has 0 saturated heterocycles. The van der Waals surface area contributed by atoms with Crippen LogP contribution in [0, 0.1) is 0 Å². The van der Waals surface area contributed by atoms with E-state index in [0.717, 1.165) is 0 Å². The highest BCUT2D eigenvalue weighted by molar-refractivity contribution is 5.75. The molecule has 0 bridgehead atoms. The van der Waals surface area contributed by atoms with Crippen LogP contribution in [0.2, 0.25) is 0 Å². The summed E-state index contributed by atoms with van der Waals surface area (Å²) in [6.07, 6.45) is 0. The van der Waals surface area contributed by atoms with Gasteiger partial charge in [0, 0.05) is 6.54 Å². The number of esters is 1. The lowest BCUT2D eigenvalue weighted by Gasteiger charge is -2.20. The van der Waals surface area contributed by atoms with Crippen LogP contribution in [0.3, 0.4) is 0 Å². The molecule has 0 spiro atoms. The van der Waals surface area contributed by atoms with E-state index in [1.165, 1.54) is 7.11 Å². The van der Waals surface area contributed by atoms with Gasteiger partial charge in [0.05, 0.1) is 13.7 Å². The molecule has 0 aliphatic heterocycles. The van der Waals surface area contributed by atoms with Crippen molar-refractivity contribution in [3.05, 3.63) is 0 Å². The second-order valence-corrected chi connectivity index (χ2v) is 2.40. The lowest BCUT2D eigenvalue weighted by atomic mass is 10.3. The minimum atomic E-state index is -0.285. The van der Waals surface area contributed by atoms with Crippen LogP contribution in [0.5, 0.6) is 0 Å². The first-order chi connectivity index (χ1) is 5.13. The van der Waals surface area contributed by atoms with Gasteiger partial charge in [-0.25, -0.2) is 0 Å². The molecule has 0 fully saturated rings. The topological polar surface area (TPSA) is 49.8 Å². The molecule has 11 heavy (non-hydrogen) atoms. The van der Waals surface area contributed by atoms with Gasteiger partial charge in [0.1, 0.15) is 6.04 Å². The van der Waals surface area contributed by atoms with Crippen molar-refractivity contribution in [2.75, 3.05) is 27.3 Å². The molecular formula is C7H15NO3. The van der Waals surface area contributed by atoms with Gasteiger partial charge in [-0.15, -0.1) is 0 Å². The number of rotatable bonds is 4. The van der Waals surface area contributed by atoms with Gasteiger partial charge in [-0.3, -0.25) is 9.69 Å². The lowest BCUT2D eigenvalue weighted by Crippen LogP contribution is -2.38. The highest BCUT2D eigenvalue weighted by Gasteiger charge is 2.17. The number of methoxy groups -OCH3 is 1. The third-order valence-electron chi connectivity index (χ3n) is 1.66. The van der Waals surface area contributed by atoms with E-state index in [-0.39, 0.29) is 18.6 Å². The van der Waals surface area contributed by atoms with Crippen LogP contribution < -0.4 is 0 Å². The summed E-state index contributed by atoms with van der Waals surface area (Å²) in [5.74, 6) is -0.277. The van der Waals surface area contributed by atoms with Crippen molar-refractivity contribution in [3.63, 3.8) is 0 Å². The van der Waals surface area contributed by atoms with Crippen LogP contribution in [0.1, 0.15) is 6.92 Å². The Morgan fingerprint density at radius 2 is 2.27 bits per heavy atom. The first kappa shape index (κ1) is 10.4. The maximum Gasteiger partial charge on any atom is 0.322 e. The van der Waals surface area contributed by atoms with Crippen molar-refractivity contribution in [3.8, 4) is 0 Å². The summed E-state index contributed by atoms with van der Waals surface area (Å²) in [4.78, 5) is 12.6. The first-order valence-electron chi connectivity index (χ1n) is 3.52. The minimum absolute atomic E-state index is 0.0534. The Morgan fingerprint density at radius 3 is 2.64 bits per heavy atom. The fourth-order valence-electron chi connectivity index (χ4n) is 0.702. The normalized spacial score (nSPS) is 13.2. The number of likely N-dealkylation sites (N-methyl/N-ethyl adjacent to an activating group) is 1. The van der Waals surface area contributed by atoms with E-state index in [0.29, 0.717) is 6.54 Å². The first-order valence-corrected chi connectivity index (χ1v) is 3.52. The second-order valence-electron chi connectivity index (χ2n) is 2.40. The van der Waals surface area contributed by atoms with Crippen LogP contribution in [0.25, 0.3) is 0 Å². The van der Waals surface area contributed by atoms with Gasteiger partial charge in [-0.1, -0.05) is 0 Å². The average Bonchev–Trinajstić information content (AvgIpc) is 2.02. The van der Waals surface area contributed by atoms with Crippen LogP contribution in [-0.2, 0) is 9.53 Å². The quantitative estimate of drug-likeness (QED) is 0.563. The zero-order valence-electron chi connectivity index (χ0n) is 7.20. The molecule has 0 aliphatic carbocycles. The third kappa shape index (κ3) is 3.34. The molecule has 0 aromatic rings. The van der Waals surface area contributed by atoms with E-state index >= 15 is 0 Å². The van der Waals surface area contributed by atoms with Crippen molar-refractivity contribution < 1.29 is 14.6 Å². The van der Waals surface area contributed by atoms with Crippen LogP contribution in [0.15, 0.2) is 0 Å². The zero-order chi connectivity index (χ0) is 8.85. The molecule has 1 N–H and O–H groups in total. The Labute approximate surface area is 66.8 Å². The molecule has 0 saturated carbocycles. The Balaban J connectivity index is 3.80. The van der Waals surface area contributed by atoms with Crippen molar-refractivity contribution in [2.45, 2.75) is 13.0 Å². The van der Waals surface area contributed by atoms with E-state index < -0.39 is 0 Å². The van der Waals surface area contributed by atoms with E-state index in [4.69, 9.17) is 5.11 Å². The SMILES string of the molecule is COC(=O)C(C)N(C)CCO. The van der Waals surface area contributed by atoms with Gasteiger partial charge in [0.15, 0.2) is 0 Å². The third-order valence-corrected chi connectivity index (χ3v) is 1.66. The Hall–Kier alpha value is -0.610. The van der Waals surface area contributed by atoms with Crippen molar-refractivity contribution in [2.24, 2.45) is 0 Å². The summed E-state index contributed by atoms with van der Waals surface area (Å²) in [6.45, 7) is 2.27. The summed E-state index contributed by atoms with van der Waals surface area (Å²) >= 11 is 0. The predicted octanol–water partition coefficient (Wildman–Crippen LogP) is -0.528. The fraction of sp³-hybridized carbons (Fsp3) is 0.857.